The average Bonchev–Trinajstić information content (AvgIpc) is 3.11. The summed E-state index contributed by atoms with van der Waals surface area (Å²) in [7, 11) is -0.719. The van der Waals surface area contributed by atoms with Crippen molar-refractivity contribution in [3.8, 4) is 16.9 Å². The lowest BCUT2D eigenvalue weighted by Crippen LogP contribution is -2.38. The number of benzene rings is 1. The Bertz CT molecular complexity index is 960. The number of rotatable bonds is 3. The van der Waals surface area contributed by atoms with Crippen LogP contribution in [0.25, 0.3) is 16.8 Å². The van der Waals surface area contributed by atoms with E-state index in [0.717, 1.165) is 41.2 Å². The molecule has 3 heterocycles. The number of para-hydroxylation sites is 1. The molecule has 1 aliphatic rings. The lowest BCUT2D eigenvalue weighted by atomic mass is 10.0. The highest BCUT2D eigenvalue weighted by Crippen LogP contribution is 2.33. The van der Waals surface area contributed by atoms with Gasteiger partial charge in [0.05, 0.1) is 6.20 Å². The third-order valence-electron chi connectivity index (χ3n) is 4.63. The minimum Gasteiger partial charge on any atom is -0.507 e. The van der Waals surface area contributed by atoms with Gasteiger partial charge in [-0.05, 0) is 17.7 Å². The Balaban J connectivity index is 0.000000706. The van der Waals surface area contributed by atoms with Gasteiger partial charge in [0.15, 0.2) is 0 Å². The van der Waals surface area contributed by atoms with E-state index in [1.165, 1.54) is 6.42 Å². The van der Waals surface area contributed by atoms with E-state index >= 15 is 0 Å². The van der Waals surface area contributed by atoms with E-state index in [2.05, 4.69) is 23.7 Å². The molecular weight excluding hydrogens is 372 g/mol. The molecule has 0 atom stereocenters. The number of hydrogen-bond donors (Lipinski definition) is 2. The van der Waals surface area contributed by atoms with Crippen molar-refractivity contribution in [2.24, 2.45) is 5.73 Å². The molecule has 0 aliphatic carbocycles. The Morgan fingerprint density at radius 1 is 1.18 bits per heavy atom. The van der Waals surface area contributed by atoms with Crippen molar-refractivity contribution in [3.05, 3.63) is 48.3 Å². The lowest BCUT2D eigenvalue weighted by molar-refractivity contribution is 0.477. The number of anilines is 1. The summed E-state index contributed by atoms with van der Waals surface area (Å²) >= 11 is 0. The second-order valence-electron chi connectivity index (χ2n) is 6.82. The zero-order valence-electron chi connectivity index (χ0n) is 16.5. The predicted molar refractivity (Wildman–Crippen MR) is 116 cm³/mol. The van der Waals surface area contributed by atoms with Crippen LogP contribution in [0, 0.1) is 0 Å². The summed E-state index contributed by atoms with van der Waals surface area (Å²) in [5.41, 5.74) is 9.34. The Labute approximate surface area is 168 Å². The van der Waals surface area contributed by atoms with Gasteiger partial charge in [-0.15, -0.1) is 0 Å². The summed E-state index contributed by atoms with van der Waals surface area (Å²) < 4.78 is 13.6. The molecule has 1 saturated heterocycles. The molecule has 1 aliphatic heterocycles. The highest BCUT2D eigenvalue weighted by Gasteiger charge is 2.20. The number of nitrogens with two attached hydrogens (primary N) is 1. The van der Waals surface area contributed by atoms with Crippen molar-refractivity contribution >= 4 is 22.3 Å². The predicted octanol–water partition coefficient (Wildman–Crippen LogP) is 3.15. The van der Waals surface area contributed by atoms with Crippen LogP contribution in [0.5, 0.6) is 5.75 Å². The van der Waals surface area contributed by atoms with Crippen LogP contribution in [0.15, 0.2) is 42.7 Å². The first kappa shape index (κ1) is 20.4. The molecule has 6 nitrogen and oxygen atoms in total. The molecule has 1 fully saturated rings. The molecule has 3 N–H and O–H groups in total. The number of phenolic OH excluding ortho intramolecular Hbond substituents is 1. The molecule has 0 radical (unpaired) electrons. The largest absolute Gasteiger partial charge is 0.507 e. The van der Waals surface area contributed by atoms with Gasteiger partial charge >= 0.3 is 0 Å². The van der Waals surface area contributed by atoms with Gasteiger partial charge in [-0.2, -0.15) is 0 Å². The molecule has 150 valence electrons. The van der Waals surface area contributed by atoms with Gasteiger partial charge in [0.25, 0.3) is 0 Å². The van der Waals surface area contributed by atoms with Crippen molar-refractivity contribution in [2.75, 3.05) is 29.5 Å². The molecule has 0 unspecified atom stereocenters. The fourth-order valence-corrected chi connectivity index (χ4v) is 4.32. The van der Waals surface area contributed by atoms with Crippen LogP contribution in [-0.2, 0) is 17.3 Å². The van der Waals surface area contributed by atoms with Gasteiger partial charge in [0.2, 0.25) is 0 Å². The van der Waals surface area contributed by atoms with Crippen LogP contribution in [0.3, 0.4) is 0 Å². The molecule has 0 saturated carbocycles. The van der Waals surface area contributed by atoms with E-state index < -0.39 is 10.8 Å². The lowest BCUT2D eigenvalue weighted by Gasteiger charge is -2.27. The number of imidazole rings is 1. The van der Waals surface area contributed by atoms with Crippen LogP contribution < -0.4 is 10.6 Å². The standard InChI is InChI=1S/C18H20N4O2S.C3H8/c19-10-13-9-17-20-11-18(21-5-7-25(24)8-6-21)22(17)12-15(13)14-3-1-2-4-16(14)23;1-3-2/h1-4,9,11-12,23H,5-8,10,19H2;3H2,1-2H3. The third kappa shape index (κ3) is 4.20. The highest BCUT2D eigenvalue weighted by atomic mass is 32.2. The van der Waals surface area contributed by atoms with Crippen LogP contribution in [0.4, 0.5) is 5.82 Å². The summed E-state index contributed by atoms with van der Waals surface area (Å²) in [6.45, 7) is 6.13. The smallest absolute Gasteiger partial charge is 0.138 e. The molecule has 0 spiro atoms. The number of phenols is 1. The molecule has 1 aromatic carbocycles. The van der Waals surface area contributed by atoms with Crippen molar-refractivity contribution in [2.45, 2.75) is 26.8 Å². The fraction of sp³-hybridized carbons (Fsp3) is 0.381. The molecule has 4 rings (SSSR count). The quantitative estimate of drug-likeness (QED) is 0.706. The van der Waals surface area contributed by atoms with Crippen molar-refractivity contribution in [1.82, 2.24) is 9.38 Å². The summed E-state index contributed by atoms with van der Waals surface area (Å²) in [4.78, 5) is 6.71. The molecule has 3 aromatic rings. The second-order valence-corrected chi connectivity index (χ2v) is 8.52. The zero-order chi connectivity index (χ0) is 20.1. The van der Waals surface area contributed by atoms with E-state index in [4.69, 9.17) is 5.73 Å². The molecule has 28 heavy (non-hydrogen) atoms. The topological polar surface area (TPSA) is 83.9 Å². The molecule has 0 bridgehead atoms. The van der Waals surface area contributed by atoms with E-state index in [-0.39, 0.29) is 5.75 Å². The van der Waals surface area contributed by atoms with Gasteiger partial charge in [0.1, 0.15) is 17.2 Å². The first-order valence-electron chi connectivity index (χ1n) is 9.67. The SMILES string of the molecule is CCC.NCc1cc2ncc(N3CCS(=O)CC3)n2cc1-c1ccccc1O. The molecule has 7 heteroatoms. The molecule has 0 amide bonds. The van der Waals surface area contributed by atoms with Gasteiger partial charge in [0, 0.05) is 59.3 Å². The number of aromatic nitrogens is 2. The Hall–Kier alpha value is -2.38. The highest BCUT2D eigenvalue weighted by molar-refractivity contribution is 7.85. The van der Waals surface area contributed by atoms with Crippen LogP contribution >= 0.6 is 0 Å². The monoisotopic (exact) mass is 400 g/mol. The van der Waals surface area contributed by atoms with Crippen molar-refractivity contribution in [3.63, 3.8) is 0 Å². The van der Waals surface area contributed by atoms with E-state index in [1.54, 1.807) is 12.1 Å². The maximum absolute atomic E-state index is 11.6. The first-order valence-corrected chi connectivity index (χ1v) is 11.2. The fourth-order valence-electron chi connectivity index (χ4n) is 3.26. The number of fused-ring (bicyclic) bond motifs is 1. The summed E-state index contributed by atoms with van der Waals surface area (Å²) in [5.74, 6) is 2.57. The Morgan fingerprint density at radius 2 is 1.86 bits per heavy atom. The van der Waals surface area contributed by atoms with Crippen molar-refractivity contribution in [1.29, 1.82) is 0 Å². The number of aromatic hydroxyl groups is 1. The van der Waals surface area contributed by atoms with Crippen molar-refractivity contribution < 1.29 is 9.32 Å². The number of pyridine rings is 1. The third-order valence-corrected chi connectivity index (χ3v) is 5.91. The minimum absolute atomic E-state index is 0.228. The van der Waals surface area contributed by atoms with Gasteiger partial charge in [-0.1, -0.05) is 38.5 Å². The summed E-state index contributed by atoms with van der Waals surface area (Å²) in [6, 6.07) is 9.22. The number of nitrogens with zero attached hydrogens (tertiary/aromatic N) is 3. The zero-order valence-corrected chi connectivity index (χ0v) is 17.3. The van der Waals surface area contributed by atoms with Gasteiger partial charge in [-0.3, -0.25) is 8.61 Å². The van der Waals surface area contributed by atoms with E-state index in [1.807, 2.05) is 35.0 Å². The normalized spacial score (nSPS) is 14.8. The Morgan fingerprint density at radius 3 is 2.50 bits per heavy atom. The van der Waals surface area contributed by atoms with E-state index in [9.17, 15) is 9.32 Å². The molecular formula is C21H28N4O2S. The van der Waals surface area contributed by atoms with Gasteiger partial charge < -0.3 is 15.7 Å². The average molecular weight is 401 g/mol. The Kier molecular flexibility index (Phi) is 6.70. The summed E-state index contributed by atoms with van der Waals surface area (Å²) in [5, 5.41) is 10.2. The maximum atomic E-state index is 11.6. The molecule has 2 aromatic heterocycles. The van der Waals surface area contributed by atoms with Crippen LogP contribution in [0.2, 0.25) is 0 Å². The van der Waals surface area contributed by atoms with E-state index in [0.29, 0.717) is 18.1 Å². The van der Waals surface area contributed by atoms with Crippen LogP contribution in [0.1, 0.15) is 25.8 Å². The number of hydrogen-bond acceptors (Lipinski definition) is 5. The second kappa shape index (κ2) is 9.21. The first-order chi connectivity index (χ1) is 13.6. The maximum Gasteiger partial charge on any atom is 0.138 e. The summed E-state index contributed by atoms with van der Waals surface area (Å²) in [6.07, 6.45) is 5.08. The van der Waals surface area contributed by atoms with Crippen LogP contribution in [-0.4, -0.2) is 43.3 Å². The minimum atomic E-state index is -0.719. The van der Waals surface area contributed by atoms with Gasteiger partial charge in [-0.25, -0.2) is 4.98 Å².